The van der Waals surface area contributed by atoms with Crippen molar-refractivity contribution >= 4 is 80.6 Å². The van der Waals surface area contributed by atoms with Gasteiger partial charge in [0.1, 0.15) is 5.82 Å². The summed E-state index contributed by atoms with van der Waals surface area (Å²) in [5, 5.41) is 0.472. The second-order valence-electron chi connectivity index (χ2n) is 3.43. The van der Waals surface area contributed by atoms with E-state index in [-0.39, 0.29) is 25.1 Å². The molecule has 19 heavy (non-hydrogen) atoms. The molecule has 0 aliphatic rings. The Morgan fingerprint density at radius 3 is 1.84 bits per heavy atom. The average molecular weight is 471 g/mol. The van der Waals surface area contributed by atoms with Crippen molar-refractivity contribution in [1.29, 1.82) is 0 Å². The van der Waals surface area contributed by atoms with Crippen LogP contribution >= 0.6 is 80.6 Å². The van der Waals surface area contributed by atoms with Crippen molar-refractivity contribution in [3.8, 4) is 11.3 Å². The van der Waals surface area contributed by atoms with Gasteiger partial charge in [-0.3, -0.25) is 4.98 Å². The van der Waals surface area contributed by atoms with Gasteiger partial charge in [-0.15, -0.1) is 0 Å². The van der Waals surface area contributed by atoms with Crippen LogP contribution in [0.25, 0.3) is 11.3 Å². The molecule has 0 spiro atoms. The Labute approximate surface area is 147 Å². The molecule has 0 amide bonds. The average Bonchev–Trinajstić information content (AvgIpc) is 2.37. The number of nitrogens with zero attached hydrogens (tertiary/aromatic N) is 1. The molecule has 2 aromatic rings. The first-order valence-corrected chi connectivity index (χ1v) is 7.64. The van der Waals surface area contributed by atoms with Crippen molar-refractivity contribution in [1.82, 2.24) is 4.98 Å². The summed E-state index contributed by atoms with van der Waals surface area (Å²) in [5.41, 5.74) is 0.713. The minimum atomic E-state index is -0.466. The highest BCUT2D eigenvalue weighted by Gasteiger charge is 2.22. The van der Waals surface area contributed by atoms with Gasteiger partial charge in [-0.25, -0.2) is 4.39 Å². The van der Waals surface area contributed by atoms with Crippen LogP contribution in [-0.2, 0) is 0 Å². The predicted octanol–water partition coefficient (Wildman–Crippen LogP) is 6.76. The van der Waals surface area contributed by atoms with Crippen LogP contribution in [0.5, 0.6) is 0 Å². The summed E-state index contributed by atoms with van der Waals surface area (Å²) in [6.07, 6.45) is 1.06. The van der Waals surface area contributed by atoms with Gasteiger partial charge in [-0.1, -0.05) is 58.0 Å². The van der Waals surface area contributed by atoms with Crippen molar-refractivity contribution in [2.75, 3.05) is 0 Å². The van der Waals surface area contributed by atoms with Crippen LogP contribution in [0.4, 0.5) is 4.39 Å². The Balaban J connectivity index is 2.83. The number of rotatable bonds is 1. The van der Waals surface area contributed by atoms with E-state index < -0.39 is 5.82 Å². The summed E-state index contributed by atoms with van der Waals surface area (Å²) in [5.74, 6) is -0.466. The Morgan fingerprint density at radius 1 is 0.895 bits per heavy atom. The van der Waals surface area contributed by atoms with Gasteiger partial charge in [-0.05, 0) is 28.7 Å². The topological polar surface area (TPSA) is 12.9 Å². The molecule has 0 fully saturated rings. The molecule has 0 unspecified atom stereocenters. The van der Waals surface area contributed by atoms with Crippen molar-refractivity contribution < 1.29 is 4.39 Å². The van der Waals surface area contributed by atoms with E-state index in [1.54, 1.807) is 0 Å². The van der Waals surface area contributed by atoms with Crippen LogP contribution in [0.1, 0.15) is 0 Å². The zero-order valence-electron chi connectivity index (χ0n) is 8.75. The van der Waals surface area contributed by atoms with Gasteiger partial charge >= 0.3 is 0 Å². The van der Waals surface area contributed by atoms with Crippen molar-refractivity contribution in [2.45, 2.75) is 0 Å². The van der Waals surface area contributed by atoms with Crippen LogP contribution in [-0.4, -0.2) is 4.98 Å². The van der Waals surface area contributed by atoms with Crippen LogP contribution in [0.15, 0.2) is 12.3 Å². The van der Waals surface area contributed by atoms with Crippen molar-refractivity contribution in [3.63, 3.8) is 0 Å². The number of pyridine rings is 1. The van der Waals surface area contributed by atoms with E-state index in [1.807, 2.05) is 22.6 Å². The molecular formula is C11H2Cl5FIN. The number of hydrogen-bond donors (Lipinski definition) is 0. The first-order chi connectivity index (χ1) is 8.84. The lowest BCUT2D eigenvalue weighted by atomic mass is 10.1. The lowest BCUT2D eigenvalue weighted by molar-refractivity contribution is 0.620. The first kappa shape index (κ1) is 15.9. The second kappa shape index (κ2) is 6.08. The van der Waals surface area contributed by atoms with Gasteiger partial charge in [-0.2, -0.15) is 0 Å². The molecule has 0 bridgehead atoms. The van der Waals surface area contributed by atoms with E-state index in [0.29, 0.717) is 14.8 Å². The third-order valence-electron chi connectivity index (χ3n) is 2.25. The van der Waals surface area contributed by atoms with Crippen LogP contribution in [0.3, 0.4) is 0 Å². The molecule has 0 aliphatic heterocycles. The normalized spacial score (nSPS) is 10.9. The maximum Gasteiger partial charge on any atom is 0.142 e. The van der Waals surface area contributed by atoms with Gasteiger partial charge in [0.2, 0.25) is 0 Å². The molecule has 1 nitrogen and oxygen atoms in total. The SMILES string of the molecule is Fc1cnc(-c2c(Cl)c(Cl)c(Cl)c(Cl)c2Cl)c(I)c1. The van der Waals surface area contributed by atoms with Gasteiger partial charge in [0.15, 0.2) is 0 Å². The van der Waals surface area contributed by atoms with E-state index in [0.717, 1.165) is 6.20 Å². The molecule has 1 heterocycles. The second-order valence-corrected chi connectivity index (χ2v) is 6.48. The number of benzene rings is 1. The summed E-state index contributed by atoms with van der Waals surface area (Å²) in [4.78, 5) is 3.97. The molecule has 0 atom stereocenters. The quantitative estimate of drug-likeness (QED) is 0.255. The maximum absolute atomic E-state index is 13.1. The highest BCUT2D eigenvalue weighted by molar-refractivity contribution is 14.1. The third-order valence-corrected chi connectivity index (χ3v) is 5.35. The standard InChI is InChI=1S/C11H2Cl5FIN/c12-6-5(7(13)9(15)10(16)8(6)14)11-4(18)1-3(17)2-19-11/h1-2H. The van der Waals surface area contributed by atoms with E-state index >= 15 is 0 Å². The lowest BCUT2D eigenvalue weighted by Gasteiger charge is -2.13. The van der Waals surface area contributed by atoms with E-state index in [1.165, 1.54) is 6.07 Å². The number of aromatic nitrogens is 1. The molecule has 0 aliphatic carbocycles. The Morgan fingerprint density at radius 2 is 1.37 bits per heavy atom. The van der Waals surface area contributed by atoms with E-state index in [2.05, 4.69) is 4.98 Å². The zero-order valence-corrected chi connectivity index (χ0v) is 14.7. The predicted molar refractivity (Wildman–Crippen MR) is 87.4 cm³/mol. The fourth-order valence-corrected chi connectivity index (χ4v) is 3.44. The smallest absolute Gasteiger partial charge is 0.142 e. The minimum Gasteiger partial charge on any atom is -0.252 e. The van der Waals surface area contributed by atoms with Gasteiger partial charge in [0, 0.05) is 9.13 Å². The molecule has 0 N–H and O–H groups in total. The zero-order chi connectivity index (χ0) is 14.3. The fourth-order valence-electron chi connectivity index (χ4n) is 1.41. The molecule has 100 valence electrons. The molecule has 0 saturated heterocycles. The van der Waals surface area contributed by atoms with Gasteiger partial charge in [0.25, 0.3) is 0 Å². The van der Waals surface area contributed by atoms with Gasteiger partial charge < -0.3 is 0 Å². The summed E-state index contributed by atoms with van der Waals surface area (Å²) in [7, 11) is 0. The minimum absolute atomic E-state index is 0.0687. The van der Waals surface area contributed by atoms with Crippen LogP contribution in [0.2, 0.25) is 25.1 Å². The van der Waals surface area contributed by atoms with E-state index in [4.69, 9.17) is 58.0 Å². The highest BCUT2D eigenvalue weighted by atomic mass is 127. The summed E-state index contributed by atoms with van der Waals surface area (Å²) in [6.45, 7) is 0. The molecule has 1 aromatic heterocycles. The summed E-state index contributed by atoms with van der Waals surface area (Å²) < 4.78 is 13.6. The largest absolute Gasteiger partial charge is 0.252 e. The summed E-state index contributed by atoms with van der Waals surface area (Å²) >= 11 is 32.0. The Bertz CT molecular complexity index is 648. The number of halogens is 7. The fraction of sp³-hybridized carbons (Fsp3) is 0. The highest BCUT2D eigenvalue weighted by Crippen LogP contribution is 2.48. The Hall–Kier alpha value is 0.480. The molecule has 8 heteroatoms. The van der Waals surface area contributed by atoms with Crippen molar-refractivity contribution in [2.24, 2.45) is 0 Å². The lowest BCUT2D eigenvalue weighted by Crippen LogP contribution is -1.93. The molecule has 0 radical (unpaired) electrons. The molecule has 2 rings (SSSR count). The molecular weight excluding hydrogens is 469 g/mol. The van der Waals surface area contributed by atoms with Crippen LogP contribution < -0.4 is 0 Å². The maximum atomic E-state index is 13.1. The summed E-state index contributed by atoms with van der Waals surface area (Å²) in [6, 6.07) is 1.30. The monoisotopic (exact) mass is 469 g/mol. The van der Waals surface area contributed by atoms with Crippen LogP contribution in [0, 0.1) is 9.39 Å². The van der Waals surface area contributed by atoms with Gasteiger partial charge in [0.05, 0.1) is 37.0 Å². The molecule has 1 aromatic carbocycles. The molecule has 0 saturated carbocycles. The van der Waals surface area contributed by atoms with Crippen molar-refractivity contribution in [3.05, 3.63) is 46.8 Å². The first-order valence-electron chi connectivity index (χ1n) is 4.67. The van der Waals surface area contributed by atoms with E-state index in [9.17, 15) is 4.39 Å². The third kappa shape index (κ3) is 2.92. The number of hydrogen-bond acceptors (Lipinski definition) is 1. The Kier molecular flexibility index (Phi) is 5.07.